The Kier molecular flexibility index (Phi) is 5.62. The van der Waals surface area contributed by atoms with Crippen molar-refractivity contribution in [1.82, 2.24) is 5.32 Å². The van der Waals surface area contributed by atoms with Crippen LogP contribution >= 0.6 is 0 Å². The van der Waals surface area contributed by atoms with E-state index in [2.05, 4.69) is 5.32 Å². The summed E-state index contributed by atoms with van der Waals surface area (Å²) in [4.78, 5) is 12.1. The number of hydrogen-bond acceptors (Lipinski definition) is 2. The molecule has 2 N–H and O–H groups in total. The topological polar surface area (TPSA) is 49.3 Å². The third-order valence-electron chi connectivity index (χ3n) is 4.25. The van der Waals surface area contributed by atoms with E-state index < -0.39 is 35.8 Å². The molecule has 1 aromatic rings. The molecule has 1 aliphatic carbocycles. The maximum atomic E-state index is 13.0. The van der Waals surface area contributed by atoms with Crippen LogP contribution in [0.4, 0.5) is 17.6 Å². The highest BCUT2D eigenvalue weighted by Gasteiger charge is 2.47. The summed E-state index contributed by atoms with van der Waals surface area (Å²) in [5.74, 6) is -3.88. The molecule has 1 aliphatic rings. The van der Waals surface area contributed by atoms with Crippen LogP contribution in [0.3, 0.4) is 0 Å². The molecule has 3 nitrogen and oxygen atoms in total. The lowest BCUT2D eigenvalue weighted by atomic mass is 9.78. The second-order valence-corrected chi connectivity index (χ2v) is 5.85. The normalized spacial score (nSPS) is 23.3. The number of rotatable bonds is 4. The van der Waals surface area contributed by atoms with Gasteiger partial charge in [-0.05, 0) is 30.5 Å². The lowest BCUT2D eigenvalue weighted by molar-refractivity contribution is -0.198. The van der Waals surface area contributed by atoms with Crippen LogP contribution in [0.15, 0.2) is 24.3 Å². The van der Waals surface area contributed by atoms with Gasteiger partial charge in [-0.1, -0.05) is 25.0 Å². The largest absolute Gasteiger partial charge is 0.392 e. The van der Waals surface area contributed by atoms with Crippen molar-refractivity contribution in [2.75, 3.05) is 6.54 Å². The first-order valence-corrected chi connectivity index (χ1v) is 7.57. The first kappa shape index (κ1) is 17.7. The quantitative estimate of drug-likeness (QED) is 0.830. The van der Waals surface area contributed by atoms with Gasteiger partial charge < -0.3 is 10.4 Å². The van der Waals surface area contributed by atoms with Gasteiger partial charge >= 0.3 is 6.18 Å². The minimum atomic E-state index is -4.39. The zero-order valence-electron chi connectivity index (χ0n) is 12.4. The number of benzene rings is 1. The molecule has 0 aliphatic heterocycles. The lowest BCUT2D eigenvalue weighted by Crippen LogP contribution is -2.43. The number of alkyl halides is 3. The van der Waals surface area contributed by atoms with Crippen LogP contribution in [0.5, 0.6) is 0 Å². The van der Waals surface area contributed by atoms with Gasteiger partial charge in [-0.15, -0.1) is 0 Å². The molecule has 23 heavy (non-hydrogen) atoms. The van der Waals surface area contributed by atoms with Crippen molar-refractivity contribution in [3.63, 3.8) is 0 Å². The van der Waals surface area contributed by atoms with Crippen LogP contribution in [-0.4, -0.2) is 23.7 Å². The first-order valence-electron chi connectivity index (χ1n) is 7.57. The van der Waals surface area contributed by atoms with E-state index in [0.717, 1.165) is 0 Å². The maximum Gasteiger partial charge on any atom is 0.392 e. The van der Waals surface area contributed by atoms with Crippen molar-refractivity contribution in [3.8, 4) is 0 Å². The molecule has 7 heteroatoms. The highest BCUT2D eigenvalue weighted by Crippen LogP contribution is 2.41. The van der Waals surface area contributed by atoms with Crippen LogP contribution in [0.25, 0.3) is 0 Å². The summed E-state index contributed by atoms with van der Waals surface area (Å²) in [5, 5.41) is 12.3. The Hall–Kier alpha value is -1.63. The highest BCUT2D eigenvalue weighted by molar-refractivity contribution is 5.79. The number of hydrogen-bond donors (Lipinski definition) is 2. The second-order valence-electron chi connectivity index (χ2n) is 5.85. The van der Waals surface area contributed by atoms with E-state index >= 15 is 0 Å². The van der Waals surface area contributed by atoms with Crippen LogP contribution < -0.4 is 5.32 Å². The fraction of sp³-hybridized carbons (Fsp3) is 0.562. The van der Waals surface area contributed by atoms with Crippen LogP contribution in [0.2, 0.25) is 0 Å². The third-order valence-corrected chi connectivity index (χ3v) is 4.25. The van der Waals surface area contributed by atoms with Gasteiger partial charge in [-0.25, -0.2) is 4.39 Å². The molecule has 0 spiro atoms. The molecule has 1 aromatic carbocycles. The molecule has 0 heterocycles. The summed E-state index contributed by atoms with van der Waals surface area (Å²) in [7, 11) is 0. The molecule has 3 unspecified atom stereocenters. The van der Waals surface area contributed by atoms with Crippen molar-refractivity contribution in [2.24, 2.45) is 11.8 Å². The smallest absolute Gasteiger partial charge is 0.387 e. The molecular formula is C16H19F4NO2. The molecule has 2 rings (SSSR count). The van der Waals surface area contributed by atoms with E-state index in [4.69, 9.17) is 0 Å². The summed E-state index contributed by atoms with van der Waals surface area (Å²) in [6.07, 6.45) is -4.27. The number of aliphatic hydroxyl groups excluding tert-OH is 1. The number of carbonyl (C=O) groups excluding carboxylic acids is 1. The number of halogens is 4. The van der Waals surface area contributed by atoms with Gasteiger partial charge in [0.2, 0.25) is 5.91 Å². The number of carbonyl (C=O) groups is 1. The molecule has 0 bridgehead atoms. The Balaban J connectivity index is 1.93. The number of nitrogens with one attached hydrogen (secondary N) is 1. The molecule has 0 aromatic heterocycles. The highest BCUT2D eigenvalue weighted by atomic mass is 19.4. The van der Waals surface area contributed by atoms with E-state index in [0.29, 0.717) is 18.4 Å². The van der Waals surface area contributed by atoms with Gasteiger partial charge in [0.25, 0.3) is 0 Å². The van der Waals surface area contributed by atoms with Gasteiger partial charge in [0, 0.05) is 12.5 Å². The summed E-state index contributed by atoms with van der Waals surface area (Å²) < 4.78 is 51.8. The lowest BCUT2D eigenvalue weighted by Gasteiger charge is -2.32. The fourth-order valence-corrected chi connectivity index (χ4v) is 2.97. The van der Waals surface area contributed by atoms with E-state index in [-0.39, 0.29) is 19.4 Å². The van der Waals surface area contributed by atoms with Crippen LogP contribution in [0, 0.1) is 17.7 Å². The first-order chi connectivity index (χ1) is 10.8. The average Bonchev–Trinajstić information content (AvgIpc) is 2.52. The van der Waals surface area contributed by atoms with E-state index in [1.807, 2.05) is 0 Å². The summed E-state index contributed by atoms with van der Waals surface area (Å²) in [5.41, 5.74) is 0.391. The fourth-order valence-electron chi connectivity index (χ4n) is 2.97. The van der Waals surface area contributed by atoms with Crippen molar-refractivity contribution >= 4 is 5.91 Å². The average molecular weight is 333 g/mol. The van der Waals surface area contributed by atoms with Gasteiger partial charge in [-0.3, -0.25) is 4.79 Å². The third kappa shape index (κ3) is 4.67. The minimum absolute atomic E-state index is 0.0396. The van der Waals surface area contributed by atoms with Crippen molar-refractivity contribution in [3.05, 3.63) is 35.6 Å². The standard InChI is InChI=1S/C16H19F4NO2/c17-11-7-5-10(6-8-11)14(22)9-21-15(23)12-3-1-2-4-13(12)16(18,19)20/h5-8,12-14,22H,1-4,9H2,(H,21,23). The summed E-state index contributed by atoms with van der Waals surface area (Å²) in [6, 6.07) is 5.07. The molecule has 3 atom stereocenters. The maximum absolute atomic E-state index is 13.0. The summed E-state index contributed by atoms with van der Waals surface area (Å²) >= 11 is 0. The number of aliphatic hydroxyl groups is 1. The second kappa shape index (κ2) is 7.29. The van der Waals surface area contributed by atoms with Crippen molar-refractivity contribution < 1.29 is 27.5 Å². The molecule has 128 valence electrons. The Morgan fingerprint density at radius 2 is 1.83 bits per heavy atom. The Bertz CT molecular complexity index is 530. The van der Waals surface area contributed by atoms with Gasteiger partial charge in [-0.2, -0.15) is 13.2 Å². The zero-order chi connectivity index (χ0) is 17.0. The predicted molar refractivity (Wildman–Crippen MR) is 75.9 cm³/mol. The van der Waals surface area contributed by atoms with Crippen LogP contribution in [-0.2, 0) is 4.79 Å². The van der Waals surface area contributed by atoms with Gasteiger partial charge in [0.1, 0.15) is 5.82 Å². The Morgan fingerprint density at radius 3 is 2.43 bits per heavy atom. The zero-order valence-corrected chi connectivity index (χ0v) is 12.4. The predicted octanol–water partition coefficient (Wildman–Crippen LogP) is 3.34. The van der Waals surface area contributed by atoms with Crippen molar-refractivity contribution in [1.29, 1.82) is 0 Å². The molecular weight excluding hydrogens is 314 g/mol. The van der Waals surface area contributed by atoms with Gasteiger partial charge in [0.15, 0.2) is 0 Å². The van der Waals surface area contributed by atoms with E-state index in [9.17, 15) is 27.5 Å². The monoisotopic (exact) mass is 333 g/mol. The van der Waals surface area contributed by atoms with Crippen molar-refractivity contribution in [2.45, 2.75) is 38.0 Å². The Labute approximate surface area is 131 Å². The van der Waals surface area contributed by atoms with E-state index in [1.165, 1.54) is 24.3 Å². The van der Waals surface area contributed by atoms with E-state index in [1.54, 1.807) is 0 Å². The SMILES string of the molecule is O=C(NCC(O)c1ccc(F)cc1)C1CCCCC1C(F)(F)F. The van der Waals surface area contributed by atoms with Crippen LogP contribution in [0.1, 0.15) is 37.4 Å². The van der Waals surface area contributed by atoms with Gasteiger partial charge in [0.05, 0.1) is 12.0 Å². The minimum Gasteiger partial charge on any atom is -0.387 e. The molecule has 1 fully saturated rings. The molecule has 1 saturated carbocycles. The molecule has 0 radical (unpaired) electrons. The summed E-state index contributed by atoms with van der Waals surface area (Å²) in [6.45, 7) is -0.203. The number of amides is 1. The molecule has 0 saturated heterocycles. The Morgan fingerprint density at radius 1 is 1.22 bits per heavy atom. The molecule has 1 amide bonds.